The second-order valence-electron chi connectivity index (χ2n) is 8.59. The average Bonchev–Trinajstić information content (AvgIpc) is 3.28. The van der Waals surface area contributed by atoms with Crippen molar-refractivity contribution in [1.82, 2.24) is 9.88 Å². The Kier molecular flexibility index (Phi) is 5.78. The summed E-state index contributed by atoms with van der Waals surface area (Å²) < 4.78 is 1.20. The molecule has 1 aromatic heterocycles. The van der Waals surface area contributed by atoms with Gasteiger partial charge in [0, 0.05) is 44.2 Å². The smallest absolute Gasteiger partial charge is 0.270 e. The van der Waals surface area contributed by atoms with Crippen LogP contribution < -0.4 is 4.90 Å². The summed E-state index contributed by atoms with van der Waals surface area (Å²) in [4.78, 5) is 33.3. The summed E-state index contributed by atoms with van der Waals surface area (Å²) in [6, 6.07) is 12.9. The van der Waals surface area contributed by atoms with E-state index in [1.807, 2.05) is 23.1 Å². The maximum absolute atomic E-state index is 13.5. The number of fused-ring (bicyclic) bond motifs is 1. The summed E-state index contributed by atoms with van der Waals surface area (Å²) in [6.45, 7) is 3.05. The van der Waals surface area contributed by atoms with Crippen LogP contribution in [0.5, 0.6) is 0 Å². The molecule has 2 fully saturated rings. The van der Waals surface area contributed by atoms with Crippen molar-refractivity contribution in [3.63, 3.8) is 0 Å². The Morgan fingerprint density at radius 1 is 1.03 bits per heavy atom. The standard InChI is InChI=1S/C24H26N4O3S/c29-24(19-16-18(28(30)31)8-9-21(19)26-12-4-1-5-13-26)27-14-10-17(11-15-27)23-25-20-6-2-3-7-22(20)32-23/h2-3,6-9,16-17H,1,4-5,10-15H2. The predicted molar refractivity (Wildman–Crippen MR) is 127 cm³/mol. The van der Waals surface area contributed by atoms with Crippen LogP contribution in [-0.4, -0.2) is 46.9 Å². The van der Waals surface area contributed by atoms with Crippen molar-refractivity contribution < 1.29 is 9.72 Å². The molecule has 166 valence electrons. The lowest BCUT2D eigenvalue weighted by atomic mass is 9.96. The number of nitrogens with zero attached hydrogens (tertiary/aromatic N) is 4. The van der Waals surface area contributed by atoms with Gasteiger partial charge in [0.05, 0.1) is 31.4 Å². The first-order valence-corrected chi connectivity index (χ1v) is 12.1. The highest BCUT2D eigenvalue weighted by molar-refractivity contribution is 7.18. The number of hydrogen-bond donors (Lipinski definition) is 0. The van der Waals surface area contributed by atoms with E-state index >= 15 is 0 Å². The number of likely N-dealkylation sites (tertiary alicyclic amines) is 1. The number of thiazole rings is 1. The maximum atomic E-state index is 13.5. The molecule has 32 heavy (non-hydrogen) atoms. The van der Waals surface area contributed by atoms with Crippen molar-refractivity contribution in [2.45, 2.75) is 38.0 Å². The van der Waals surface area contributed by atoms with Gasteiger partial charge in [-0.3, -0.25) is 14.9 Å². The third kappa shape index (κ3) is 4.07. The lowest BCUT2D eigenvalue weighted by molar-refractivity contribution is -0.384. The number of anilines is 1. The topological polar surface area (TPSA) is 79.6 Å². The average molecular weight is 451 g/mol. The number of non-ortho nitro benzene ring substituents is 1. The summed E-state index contributed by atoms with van der Waals surface area (Å²) in [7, 11) is 0. The minimum absolute atomic E-state index is 0.0292. The molecule has 3 heterocycles. The van der Waals surface area contributed by atoms with Gasteiger partial charge in [-0.1, -0.05) is 12.1 Å². The molecule has 2 aliphatic rings. The molecular formula is C24H26N4O3S. The van der Waals surface area contributed by atoms with Gasteiger partial charge in [0.25, 0.3) is 11.6 Å². The van der Waals surface area contributed by atoms with Crippen LogP contribution in [0.3, 0.4) is 0 Å². The van der Waals surface area contributed by atoms with Crippen LogP contribution in [0, 0.1) is 10.1 Å². The zero-order chi connectivity index (χ0) is 22.1. The van der Waals surface area contributed by atoms with Crippen molar-refractivity contribution in [2.24, 2.45) is 0 Å². The molecule has 2 saturated heterocycles. The first-order valence-electron chi connectivity index (χ1n) is 11.3. The molecular weight excluding hydrogens is 424 g/mol. The van der Waals surface area contributed by atoms with Crippen molar-refractivity contribution in [1.29, 1.82) is 0 Å². The molecule has 0 aliphatic carbocycles. The molecule has 1 amide bonds. The molecule has 0 atom stereocenters. The van der Waals surface area contributed by atoms with Crippen molar-refractivity contribution >= 4 is 38.8 Å². The van der Waals surface area contributed by atoms with Crippen LogP contribution in [0.2, 0.25) is 0 Å². The fraction of sp³-hybridized carbons (Fsp3) is 0.417. The number of carbonyl (C=O) groups excluding carboxylic acids is 1. The number of aromatic nitrogens is 1. The Morgan fingerprint density at radius 2 is 1.78 bits per heavy atom. The molecule has 8 heteroatoms. The highest BCUT2D eigenvalue weighted by Gasteiger charge is 2.29. The molecule has 0 bridgehead atoms. The first-order chi connectivity index (χ1) is 15.6. The monoisotopic (exact) mass is 450 g/mol. The molecule has 2 aliphatic heterocycles. The van der Waals surface area contributed by atoms with E-state index in [1.54, 1.807) is 17.4 Å². The number of nitro benzene ring substituents is 1. The third-order valence-electron chi connectivity index (χ3n) is 6.56. The van der Waals surface area contributed by atoms with Crippen LogP contribution in [0.1, 0.15) is 53.4 Å². The number of hydrogen-bond acceptors (Lipinski definition) is 6. The Balaban J connectivity index is 1.35. The molecule has 5 rings (SSSR count). The normalized spacial score (nSPS) is 17.6. The van der Waals surface area contributed by atoms with Gasteiger partial charge in [-0.05, 0) is 50.3 Å². The number of carbonyl (C=O) groups is 1. The van der Waals surface area contributed by atoms with Gasteiger partial charge in [0.15, 0.2) is 0 Å². The lowest BCUT2D eigenvalue weighted by Gasteiger charge is -2.34. The van der Waals surface area contributed by atoms with Gasteiger partial charge in [-0.2, -0.15) is 0 Å². The van der Waals surface area contributed by atoms with E-state index < -0.39 is 4.92 Å². The zero-order valence-electron chi connectivity index (χ0n) is 17.9. The zero-order valence-corrected chi connectivity index (χ0v) is 18.7. The fourth-order valence-electron chi connectivity index (χ4n) is 4.78. The van der Waals surface area contributed by atoms with E-state index in [2.05, 4.69) is 11.0 Å². The summed E-state index contributed by atoms with van der Waals surface area (Å²) in [6.07, 6.45) is 5.07. The molecule has 0 N–H and O–H groups in total. The number of nitro groups is 1. The van der Waals surface area contributed by atoms with Gasteiger partial charge in [-0.25, -0.2) is 4.98 Å². The van der Waals surface area contributed by atoms with Crippen molar-refractivity contribution in [2.75, 3.05) is 31.1 Å². The van der Waals surface area contributed by atoms with E-state index in [4.69, 9.17) is 4.98 Å². The third-order valence-corrected chi connectivity index (χ3v) is 7.76. The fourth-order valence-corrected chi connectivity index (χ4v) is 5.92. The maximum Gasteiger partial charge on any atom is 0.270 e. The van der Waals surface area contributed by atoms with Crippen LogP contribution in [0.25, 0.3) is 10.2 Å². The number of benzene rings is 2. The second kappa shape index (κ2) is 8.86. The van der Waals surface area contributed by atoms with Crippen LogP contribution in [-0.2, 0) is 0 Å². The summed E-state index contributed by atoms with van der Waals surface area (Å²) in [5.74, 6) is 0.250. The minimum atomic E-state index is -0.421. The molecule has 0 spiro atoms. The van der Waals surface area contributed by atoms with Gasteiger partial charge < -0.3 is 9.80 Å². The minimum Gasteiger partial charge on any atom is -0.371 e. The molecule has 0 saturated carbocycles. The van der Waals surface area contributed by atoms with Crippen molar-refractivity contribution in [3.05, 3.63) is 63.1 Å². The van der Waals surface area contributed by atoms with Gasteiger partial charge in [-0.15, -0.1) is 11.3 Å². The quantitative estimate of drug-likeness (QED) is 0.402. The second-order valence-corrected chi connectivity index (χ2v) is 9.65. The van der Waals surface area contributed by atoms with Crippen LogP contribution in [0.4, 0.5) is 11.4 Å². The van der Waals surface area contributed by atoms with Crippen molar-refractivity contribution in [3.8, 4) is 0 Å². The van der Waals surface area contributed by atoms with Crippen LogP contribution >= 0.6 is 11.3 Å². The van der Waals surface area contributed by atoms with E-state index in [-0.39, 0.29) is 11.6 Å². The molecule has 2 aromatic carbocycles. The van der Waals surface area contributed by atoms with Gasteiger partial charge in [0.1, 0.15) is 0 Å². The Hall–Kier alpha value is -3.00. The van der Waals surface area contributed by atoms with Gasteiger partial charge >= 0.3 is 0 Å². The van der Waals surface area contributed by atoms with E-state index in [0.29, 0.717) is 24.6 Å². The number of rotatable bonds is 4. The Labute approximate surface area is 190 Å². The first kappa shape index (κ1) is 20.9. The molecule has 7 nitrogen and oxygen atoms in total. The summed E-state index contributed by atoms with van der Waals surface area (Å²) in [5.41, 5.74) is 2.29. The SMILES string of the molecule is O=C(c1cc([N+](=O)[O-])ccc1N1CCCCC1)N1CCC(c2nc3ccccc3s2)CC1. The summed E-state index contributed by atoms with van der Waals surface area (Å²) >= 11 is 1.74. The number of piperidine rings is 2. The highest BCUT2D eigenvalue weighted by Crippen LogP contribution is 2.35. The summed E-state index contributed by atoms with van der Waals surface area (Å²) in [5, 5.41) is 12.5. The molecule has 0 unspecified atom stereocenters. The predicted octanol–water partition coefficient (Wildman–Crippen LogP) is 5.21. The highest BCUT2D eigenvalue weighted by atomic mass is 32.1. The largest absolute Gasteiger partial charge is 0.371 e. The molecule has 3 aromatic rings. The molecule has 0 radical (unpaired) electrons. The van der Waals surface area contributed by atoms with E-state index in [1.165, 1.54) is 23.3 Å². The Morgan fingerprint density at radius 3 is 2.50 bits per heavy atom. The lowest BCUT2D eigenvalue weighted by Crippen LogP contribution is -2.39. The van der Waals surface area contributed by atoms with Crippen LogP contribution in [0.15, 0.2) is 42.5 Å². The number of para-hydroxylation sites is 1. The number of amides is 1. The van der Waals surface area contributed by atoms with E-state index in [0.717, 1.165) is 55.0 Å². The van der Waals surface area contributed by atoms with Gasteiger partial charge in [0.2, 0.25) is 0 Å². The Bertz CT molecular complexity index is 1110. The van der Waals surface area contributed by atoms with E-state index in [9.17, 15) is 14.9 Å².